The summed E-state index contributed by atoms with van der Waals surface area (Å²) in [7, 11) is 1.58. The van der Waals surface area contributed by atoms with Crippen LogP contribution in [0.15, 0.2) is 54.6 Å². The molecule has 0 unspecified atom stereocenters. The van der Waals surface area contributed by atoms with Crippen molar-refractivity contribution in [3.05, 3.63) is 70.3 Å². The zero-order valence-electron chi connectivity index (χ0n) is 14.1. The van der Waals surface area contributed by atoms with E-state index < -0.39 is 0 Å². The fourth-order valence-electron chi connectivity index (χ4n) is 2.48. The molecule has 0 bridgehead atoms. The second-order valence-electron chi connectivity index (χ2n) is 5.53. The average molecular weight is 390 g/mol. The molecule has 0 spiro atoms. The summed E-state index contributed by atoms with van der Waals surface area (Å²) in [5.74, 6) is -0.247. The van der Waals surface area contributed by atoms with E-state index in [1.807, 2.05) is 18.2 Å². The Hall–Kier alpha value is -2.34. The lowest BCUT2D eigenvalue weighted by atomic mass is 10.1. The highest BCUT2D eigenvalue weighted by Gasteiger charge is 2.18. The average Bonchev–Trinajstić information content (AvgIpc) is 3.08. The van der Waals surface area contributed by atoms with Gasteiger partial charge in [-0.1, -0.05) is 41.4 Å². The third-order valence-electron chi connectivity index (χ3n) is 3.75. The third kappa shape index (κ3) is 4.07. The Kier molecular flexibility index (Phi) is 5.93. The van der Waals surface area contributed by atoms with Gasteiger partial charge >= 0.3 is 0 Å². The van der Waals surface area contributed by atoms with Gasteiger partial charge in [0.2, 0.25) is 0 Å². The number of hydrogen-bond acceptors (Lipinski definition) is 3. The second-order valence-corrected chi connectivity index (χ2v) is 6.38. The lowest BCUT2D eigenvalue weighted by Gasteiger charge is -2.08. The summed E-state index contributed by atoms with van der Waals surface area (Å²) < 4.78 is 6.56. The van der Waals surface area contributed by atoms with Gasteiger partial charge in [0.25, 0.3) is 5.91 Å². The van der Waals surface area contributed by atoms with Crippen molar-refractivity contribution in [1.29, 1.82) is 0 Å². The van der Waals surface area contributed by atoms with Crippen molar-refractivity contribution in [3.63, 3.8) is 0 Å². The standard InChI is InChI=1S/C19H17Cl2N3O2/c1-26-11-10-22-19(25)18-12-17(15-4-2-3-5-16(15)21)23-24(18)14-8-6-13(20)7-9-14/h2-9,12H,10-11H2,1H3,(H,22,25). The summed E-state index contributed by atoms with van der Waals surface area (Å²) in [4.78, 5) is 12.6. The third-order valence-corrected chi connectivity index (χ3v) is 4.34. The molecule has 0 aliphatic rings. The molecule has 7 heteroatoms. The number of aromatic nitrogens is 2. The molecule has 0 saturated carbocycles. The van der Waals surface area contributed by atoms with Gasteiger partial charge in [0.15, 0.2) is 0 Å². The highest BCUT2D eigenvalue weighted by atomic mass is 35.5. The molecule has 0 radical (unpaired) electrons. The molecule has 0 aliphatic heterocycles. The summed E-state index contributed by atoms with van der Waals surface area (Å²) in [5.41, 5.74) is 2.50. The number of methoxy groups -OCH3 is 1. The van der Waals surface area contributed by atoms with Crippen LogP contribution in [0.25, 0.3) is 16.9 Å². The second kappa shape index (κ2) is 8.36. The number of carbonyl (C=O) groups is 1. The first-order chi connectivity index (χ1) is 12.6. The van der Waals surface area contributed by atoms with Gasteiger partial charge in [-0.2, -0.15) is 5.10 Å². The van der Waals surface area contributed by atoms with E-state index in [1.165, 1.54) is 0 Å². The number of halogens is 2. The summed E-state index contributed by atoms with van der Waals surface area (Å²) >= 11 is 12.3. The Morgan fingerprint density at radius 3 is 2.58 bits per heavy atom. The molecule has 3 aromatic rings. The van der Waals surface area contributed by atoms with Crippen molar-refractivity contribution in [2.24, 2.45) is 0 Å². The Morgan fingerprint density at radius 2 is 1.88 bits per heavy atom. The van der Waals surface area contributed by atoms with Crippen LogP contribution in [0.1, 0.15) is 10.5 Å². The topological polar surface area (TPSA) is 56.1 Å². The number of amides is 1. The van der Waals surface area contributed by atoms with Gasteiger partial charge in [0.05, 0.1) is 23.0 Å². The van der Waals surface area contributed by atoms with Gasteiger partial charge in [-0.3, -0.25) is 4.79 Å². The fourth-order valence-corrected chi connectivity index (χ4v) is 2.84. The lowest BCUT2D eigenvalue weighted by molar-refractivity contribution is 0.0929. The van der Waals surface area contributed by atoms with Crippen molar-refractivity contribution in [2.75, 3.05) is 20.3 Å². The molecule has 1 amide bonds. The van der Waals surface area contributed by atoms with Crippen molar-refractivity contribution in [2.45, 2.75) is 0 Å². The first-order valence-corrected chi connectivity index (χ1v) is 8.74. The first kappa shape index (κ1) is 18.5. The predicted octanol–water partition coefficient (Wildman–Crippen LogP) is 4.22. The van der Waals surface area contributed by atoms with Crippen LogP contribution in [-0.4, -0.2) is 35.9 Å². The monoisotopic (exact) mass is 389 g/mol. The molecule has 0 aliphatic carbocycles. The van der Waals surface area contributed by atoms with E-state index in [0.717, 1.165) is 11.3 Å². The summed E-state index contributed by atoms with van der Waals surface area (Å²) in [6, 6.07) is 16.2. The van der Waals surface area contributed by atoms with Gasteiger partial charge in [-0.05, 0) is 36.4 Å². The van der Waals surface area contributed by atoms with Crippen LogP contribution in [0, 0.1) is 0 Å². The first-order valence-electron chi connectivity index (χ1n) is 7.98. The van der Waals surface area contributed by atoms with E-state index in [1.54, 1.807) is 48.2 Å². The molecule has 0 saturated heterocycles. The smallest absolute Gasteiger partial charge is 0.270 e. The predicted molar refractivity (Wildman–Crippen MR) is 103 cm³/mol. The Morgan fingerprint density at radius 1 is 1.15 bits per heavy atom. The minimum atomic E-state index is -0.247. The van der Waals surface area contributed by atoms with E-state index in [9.17, 15) is 4.79 Å². The van der Waals surface area contributed by atoms with Crippen LogP contribution in [0.2, 0.25) is 10.0 Å². The van der Waals surface area contributed by atoms with Crippen molar-refractivity contribution in [1.82, 2.24) is 15.1 Å². The van der Waals surface area contributed by atoms with Gasteiger partial charge in [0.1, 0.15) is 5.69 Å². The maximum atomic E-state index is 12.6. The van der Waals surface area contributed by atoms with Crippen LogP contribution >= 0.6 is 23.2 Å². The largest absolute Gasteiger partial charge is 0.383 e. The number of benzene rings is 2. The SMILES string of the molecule is COCCNC(=O)c1cc(-c2ccccc2Cl)nn1-c1ccc(Cl)cc1. The summed E-state index contributed by atoms with van der Waals surface area (Å²) in [6.45, 7) is 0.834. The molecule has 26 heavy (non-hydrogen) atoms. The molecule has 2 aromatic carbocycles. The molecule has 0 atom stereocenters. The van der Waals surface area contributed by atoms with Crippen LogP contribution in [0.4, 0.5) is 0 Å². The number of nitrogens with zero attached hydrogens (tertiary/aromatic N) is 2. The summed E-state index contributed by atoms with van der Waals surface area (Å²) in [6.07, 6.45) is 0. The minimum absolute atomic E-state index is 0.247. The van der Waals surface area contributed by atoms with E-state index in [0.29, 0.717) is 34.6 Å². The van der Waals surface area contributed by atoms with Crippen LogP contribution in [-0.2, 0) is 4.74 Å². The maximum Gasteiger partial charge on any atom is 0.270 e. The van der Waals surface area contributed by atoms with Gasteiger partial charge in [0, 0.05) is 24.2 Å². The minimum Gasteiger partial charge on any atom is -0.383 e. The molecule has 1 heterocycles. The van der Waals surface area contributed by atoms with Crippen LogP contribution < -0.4 is 5.32 Å². The number of hydrogen-bond donors (Lipinski definition) is 1. The zero-order valence-corrected chi connectivity index (χ0v) is 15.6. The van der Waals surface area contributed by atoms with Crippen LogP contribution in [0.3, 0.4) is 0 Å². The molecule has 0 fully saturated rings. The van der Waals surface area contributed by atoms with E-state index in [2.05, 4.69) is 10.4 Å². The van der Waals surface area contributed by atoms with Crippen molar-refractivity contribution < 1.29 is 9.53 Å². The number of carbonyl (C=O) groups excluding carboxylic acids is 1. The van der Waals surface area contributed by atoms with E-state index >= 15 is 0 Å². The Balaban J connectivity index is 2.04. The molecule has 1 aromatic heterocycles. The molecular formula is C19H17Cl2N3O2. The van der Waals surface area contributed by atoms with Crippen molar-refractivity contribution >= 4 is 29.1 Å². The molecule has 1 N–H and O–H groups in total. The maximum absolute atomic E-state index is 12.6. The normalized spacial score (nSPS) is 10.7. The van der Waals surface area contributed by atoms with Gasteiger partial charge < -0.3 is 10.1 Å². The van der Waals surface area contributed by atoms with E-state index in [-0.39, 0.29) is 5.91 Å². The Labute approximate surface area is 161 Å². The Bertz CT molecular complexity index is 907. The fraction of sp³-hybridized carbons (Fsp3) is 0.158. The molecule has 5 nitrogen and oxygen atoms in total. The highest BCUT2D eigenvalue weighted by molar-refractivity contribution is 6.33. The van der Waals surface area contributed by atoms with Gasteiger partial charge in [-0.15, -0.1) is 0 Å². The molecule has 3 rings (SSSR count). The number of nitrogens with one attached hydrogen (secondary N) is 1. The lowest BCUT2D eigenvalue weighted by Crippen LogP contribution is -2.28. The molecular weight excluding hydrogens is 373 g/mol. The van der Waals surface area contributed by atoms with Gasteiger partial charge in [-0.25, -0.2) is 4.68 Å². The van der Waals surface area contributed by atoms with E-state index in [4.69, 9.17) is 27.9 Å². The number of ether oxygens (including phenoxy) is 1. The van der Waals surface area contributed by atoms with Crippen molar-refractivity contribution in [3.8, 4) is 16.9 Å². The zero-order chi connectivity index (χ0) is 18.5. The molecule has 134 valence electrons. The highest BCUT2D eigenvalue weighted by Crippen LogP contribution is 2.28. The summed E-state index contributed by atoms with van der Waals surface area (Å²) in [5, 5.41) is 8.58. The quantitative estimate of drug-likeness (QED) is 0.642. The van der Waals surface area contributed by atoms with Crippen LogP contribution in [0.5, 0.6) is 0 Å². The number of rotatable bonds is 6.